The zero-order valence-electron chi connectivity index (χ0n) is 10.4. The Bertz CT molecular complexity index is 522. The number of benzene rings is 1. The molecule has 1 amide bonds. The first-order valence-electron chi connectivity index (χ1n) is 6.08. The van der Waals surface area contributed by atoms with Gasteiger partial charge in [0.25, 0.3) is 0 Å². The summed E-state index contributed by atoms with van der Waals surface area (Å²) < 4.78 is 5.51. The van der Waals surface area contributed by atoms with Crippen molar-refractivity contribution in [1.82, 2.24) is 5.32 Å². The van der Waals surface area contributed by atoms with Crippen molar-refractivity contribution in [2.75, 3.05) is 6.61 Å². The van der Waals surface area contributed by atoms with Crippen molar-refractivity contribution in [3.8, 4) is 5.75 Å². The summed E-state index contributed by atoms with van der Waals surface area (Å²) in [6.45, 7) is 1.12. The number of hydrogen-bond donors (Lipinski definition) is 2. The van der Waals surface area contributed by atoms with Crippen LogP contribution >= 0.6 is 0 Å². The highest BCUT2D eigenvalue weighted by molar-refractivity contribution is 5.93. The van der Waals surface area contributed by atoms with Gasteiger partial charge in [0.2, 0.25) is 5.91 Å². The Kier molecular flexibility index (Phi) is 4.18. The van der Waals surface area contributed by atoms with Gasteiger partial charge in [-0.3, -0.25) is 4.79 Å². The van der Waals surface area contributed by atoms with Crippen molar-refractivity contribution in [3.05, 3.63) is 41.5 Å². The molecule has 100 valence electrons. The zero-order chi connectivity index (χ0) is 13.7. The summed E-state index contributed by atoms with van der Waals surface area (Å²) in [5, 5.41) is 11.0. The smallest absolute Gasteiger partial charge is 0.328 e. The van der Waals surface area contributed by atoms with Gasteiger partial charge < -0.3 is 15.2 Å². The molecule has 5 nitrogen and oxygen atoms in total. The predicted octanol–water partition coefficient (Wildman–Crippen LogP) is 1.27. The molecular weight excluding hydrogens is 246 g/mol. The van der Waals surface area contributed by atoms with Crippen molar-refractivity contribution in [2.24, 2.45) is 0 Å². The summed E-state index contributed by atoms with van der Waals surface area (Å²) in [6.07, 6.45) is 3.81. The summed E-state index contributed by atoms with van der Waals surface area (Å²) in [5.74, 6) is -0.649. The predicted molar refractivity (Wildman–Crippen MR) is 68.9 cm³/mol. The fourth-order valence-corrected chi connectivity index (χ4v) is 1.92. The van der Waals surface area contributed by atoms with Gasteiger partial charge in [-0.25, -0.2) is 4.79 Å². The number of carbonyl (C=O) groups is 2. The van der Waals surface area contributed by atoms with Crippen LogP contribution in [-0.4, -0.2) is 23.6 Å². The van der Waals surface area contributed by atoms with E-state index in [1.54, 1.807) is 0 Å². The summed E-state index contributed by atoms with van der Waals surface area (Å²) in [7, 11) is 0. The monoisotopic (exact) mass is 261 g/mol. The molecule has 0 bridgehead atoms. The average Bonchev–Trinajstić information content (AvgIpc) is 2.42. The third-order valence-electron chi connectivity index (χ3n) is 2.82. The molecule has 0 radical (unpaired) electrons. The van der Waals surface area contributed by atoms with Gasteiger partial charge >= 0.3 is 5.97 Å². The Morgan fingerprint density at radius 2 is 2.21 bits per heavy atom. The average molecular weight is 261 g/mol. The minimum atomic E-state index is -1.14. The first-order valence-corrected chi connectivity index (χ1v) is 6.08. The van der Waals surface area contributed by atoms with Gasteiger partial charge in [0.05, 0.1) is 6.61 Å². The molecule has 0 unspecified atom stereocenters. The lowest BCUT2D eigenvalue weighted by Crippen LogP contribution is -2.21. The van der Waals surface area contributed by atoms with E-state index < -0.39 is 11.9 Å². The van der Waals surface area contributed by atoms with Gasteiger partial charge in [0, 0.05) is 18.7 Å². The molecule has 1 aromatic rings. The van der Waals surface area contributed by atoms with E-state index in [9.17, 15) is 9.59 Å². The van der Waals surface area contributed by atoms with Crippen LogP contribution in [0.2, 0.25) is 0 Å². The number of amides is 1. The van der Waals surface area contributed by atoms with Crippen LogP contribution in [0.25, 0.3) is 0 Å². The van der Waals surface area contributed by atoms with E-state index in [0.717, 1.165) is 48.5 Å². The summed E-state index contributed by atoms with van der Waals surface area (Å²) in [5.41, 5.74) is 2.13. The first kappa shape index (κ1) is 13.1. The molecule has 0 atom stereocenters. The van der Waals surface area contributed by atoms with Crippen LogP contribution < -0.4 is 10.1 Å². The second-order valence-corrected chi connectivity index (χ2v) is 4.28. The van der Waals surface area contributed by atoms with Gasteiger partial charge in [-0.1, -0.05) is 12.1 Å². The highest BCUT2D eigenvalue weighted by Crippen LogP contribution is 2.25. The van der Waals surface area contributed by atoms with Gasteiger partial charge in [-0.2, -0.15) is 0 Å². The third-order valence-corrected chi connectivity index (χ3v) is 2.82. The topological polar surface area (TPSA) is 75.6 Å². The van der Waals surface area contributed by atoms with Crippen molar-refractivity contribution < 1.29 is 19.4 Å². The Labute approximate surface area is 110 Å². The van der Waals surface area contributed by atoms with Crippen LogP contribution in [0, 0.1) is 0 Å². The number of nitrogens with one attached hydrogen (secondary N) is 1. The number of aliphatic carboxylic acids is 1. The van der Waals surface area contributed by atoms with Gasteiger partial charge in [0.15, 0.2) is 0 Å². The molecule has 0 aliphatic carbocycles. The fraction of sp³-hybridized carbons (Fsp3) is 0.286. The largest absolute Gasteiger partial charge is 0.493 e. The van der Waals surface area contributed by atoms with E-state index >= 15 is 0 Å². The lowest BCUT2D eigenvalue weighted by atomic mass is 10.0. The number of hydrogen-bond acceptors (Lipinski definition) is 3. The summed E-state index contributed by atoms with van der Waals surface area (Å²) in [4.78, 5) is 21.6. The summed E-state index contributed by atoms with van der Waals surface area (Å²) >= 11 is 0. The van der Waals surface area contributed by atoms with Gasteiger partial charge in [-0.05, 0) is 30.0 Å². The molecule has 2 N–H and O–H groups in total. The molecule has 1 aliphatic heterocycles. The molecular formula is C14H15NO4. The molecule has 1 aliphatic rings. The van der Waals surface area contributed by atoms with E-state index in [2.05, 4.69) is 5.32 Å². The maximum absolute atomic E-state index is 11.3. The van der Waals surface area contributed by atoms with Crippen LogP contribution in [0.1, 0.15) is 17.5 Å². The minimum absolute atomic E-state index is 0.371. The minimum Gasteiger partial charge on any atom is -0.493 e. The van der Waals surface area contributed by atoms with Crippen molar-refractivity contribution in [2.45, 2.75) is 19.4 Å². The maximum Gasteiger partial charge on any atom is 0.328 e. The van der Waals surface area contributed by atoms with Crippen LogP contribution in [0.5, 0.6) is 5.75 Å². The van der Waals surface area contributed by atoms with E-state index in [0.29, 0.717) is 6.54 Å². The number of fused-ring (bicyclic) bond motifs is 1. The van der Waals surface area contributed by atoms with E-state index in [1.807, 2.05) is 18.2 Å². The second kappa shape index (κ2) is 6.04. The summed E-state index contributed by atoms with van der Waals surface area (Å²) in [6, 6.07) is 5.81. The van der Waals surface area contributed by atoms with Gasteiger partial charge in [0.1, 0.15) is 5.75 Å². The Morgan fingerprint density at radius 1 is 1.37 bits per heavy atom. The van der Waals surface area contributed by atoms with Crippen molar-refractivity contribution in [3.63, 3.8) is 0 Å². The number of carboxylic acid groups (broad SMARTS) is 1. The van der Waals surface area contributed by atoms with E-state index in [-0.39, 0.29) is 0 Å². The molecule has 0 fully saturated rings. The lowest BCUT2D eigenvalue weighted by Gasteiger charge is -2.17. The van der Waals surface area contributed by atoms with Crippen LogP contribution in [-0.2, 0) is 22.6 Å². The molecule has 2 rings (SSSR count). The molecule has 0 spiro atoms. The standard InChI is InChI=1S/C14H15NO4/c16-13(5-6-14(17)18)15-9-10-3-4-12-11(8-10)2-1-7-19-12/h3-6,8H,1-2,7,9H2,(H,15,16)(H,17,18)/b6-5+. The second-order valence-electron chi connectivity index (χ2n) is 4.28. The molecule has 19 heavy (non-hydrogen) atoms. The van der Waals surface area contributed by atoms with Crippen molar-refractivity contribution in [1.29, 1.82) is 0 Å². The third kappa shape index (κ3) is 3.84. The normalized spacial score (nSPS) is 13.7. The van der Waals surface area contributed by atoms with Gasteiger partial charge in [-0.15, -0.1) is 0 Å². The Morgan fingerprint density at radius 3 is 3.00 bits per heavy atom. The number of carboxylic acids is 1. The molecule has 0 saturated carbocycles. The van der Waals surface area contributed by atoms with E-state index in [4.69, 9.17) is 9.84 Å². The molecule has 0 aromatic heterocycles. The fourth-order valence-electron chi connectivity index (χ4n) is 1.92. The van der Waals surface area contributed by atoms with E-state index in [1.165, 1.54) is 0 Å². The number of carbonyl (C=O) groups excluding carboxylic acids is 1. The number of ether oxygens (including phenoxy) is 1. The lowest BCUT2D eigenvalue weighted by molar-refractivity contribution is -0.131. The Hall–Kier alpha value is -2.30. The molecule has 1 aromatic carbocycles. The zero-order valence-corrected chi connectivity index (χ0v) is 10.4. The molecule has 0 saturated heterocycles. The van der Waals surface area contributed by atoms with Crippen molar-refractivity contribution >= 4 is 11.9 Å². The van der Waals surface area contributed by atoms with Crippen LogP contribution in [0.3, 0.4) is 0 Å². The van der Waals surface area contributed by atoms with Crippen LogP contribution in [0.15, 0.2) is 30.4 Å². The Balaban J connectivity index is 1.93. The quantitative estimate of drug-likeness (QED) is 0.800. The maximum atomic E-state index is 11.3. The highest BCUT2D eigenvalue weighted by Gasteiger charge is 2.10. The molecule has 5 heteroatoms. The van der Waals surface area contributed by atoms with Crippen LogP contribution in [0.4, 0.5) is 0 Å². The first-order chi connectivity index (χ1) is 9.15. The SMILES string of the molecule is O=C(O)/C=C/C(=O)NCc1ccc2c(c1)CCCO2. The highest BCUT2D eigenvalue weighted by atomic mass is 16.5. The molecule has 1 heterocycles. The number of rotatable bonds is 4. The number of aryl methyl sites for hydroxylation is 1.